The molecule has 3 nitrogen and oxygen atoms in total. The van der Waals surface area contributed by atoms with Gasteiger partial charge in [0.05, 0.1) is 0 Å². The molecule has 3 N–H and O–H groups in total. The minimum Gasteiger partial charge on any atom is -0.352 e. The summed E-state index contributed by atoms with van der Waals surface area (Å²) in [6.07, 6.45) is 7.32. The van der Waals surface area contributed by atoms with Gasteiger partial charge < -0.3 is 11.1 Å². The molecule has 2 saturated carbocycles. The van der Waals surface area contributed by atoms with Gasteiger partial charge in [-0.1, -0.05) is 49.6 Å². The van der Waals surface area contributed by atoms with E-state index in [1.54, 1.807) is 0 Å². The Morgan fingerprint density at radius 2 is 1.90 bits per heavy atom. The number of nitrogens with two attached hydrogens (primary N) is 1. The smallest absolute Gasteiger partial charge is 0.224 e. The third-order valence-corrected chi connectivity index (χ3v) is 5.16. The first kappa shape index (κ1) is 14.6. The lowest BCUT2D eigenvalue weighted by molar-refractivity contribution is -0.123. The van der Waals surface area contributed by atoms with Gasteiger partial charge >= 0.3 is 0 Å². The van der Waals surface area contributed by atoms with Crippen LogP contribution < -0.4 is 11.1 Å². The summed E-state index contributed by atoms with van der Waals surface area (Å²) in [4.78, 5) is 12.4. The molecular weight excluding hydrogens is 260 g/mol. The molecule has 2 aliphatic rings. The van der Waals surface area contributed by atoms with E-state index in [2.05, 4.69) is 17.4 Å². The van der Waals surface area contributed by atoms with Crippen LogP contribution >= 0.6 is 0 Å². The van der Waals surface area contributed by atoms with Crippen molar-refractivity contribution in [3.8, 4) is 0 Å². The predicted molar refractivity (Wildman–Crippen MR) is 84.9 cm³/mol. The number of rotatable bonds is 5. The monoisotopic (exact) mass is 286 g/mol. The maximum atomic E-state index is 12.4. The second-order valence-corrected chi connectivity index (χ2v) is 6.61. The second kappa shape index (κ2) is 6.61. The van der Waals surface area contributed by atoms with Gasteiger partial charge in [0.15, 0.2) is 0 Å². The lowest BCUT2D eigenvalue weighted by atomic mass is 9.84. The normalized spacial score (nSPS) is 27.1. The van der Waals surface area contributed by atoms with E-state index in [-0.39, 0.29) is 17.9 Å². The summed E-state index contributed by atoms with van der Waals surface area (Å²) in [6.45, 7) is 0.569. The molecule has 2 fully saturated rings. The molecule has 1 aromatic carbocycles. The van der Waals surface area contributed by atoms with Crippen LogP contribution in [-0.2, 0) is 4.79 Å². The average Bonchev–Trinajstić information content (AvgIpc) is 3.35. The van der Waals surface area contributed by atoms with Crippen molar-refractivity contribution in [1.82, 2.24) is 5.32 Å². The molecule has 21 heavy (non-hydrogen) atoms. The van der Waals surface area contributed by atoms with E-state index in [1.807, 2.05) is 18.2 Å². The first-order chi connectivity index (χ1) is 10.3. The second-order valence-electron chi connectivity index (χ2n) is 6.61. The van der Waals surface area contributed by atoms with E-state index in [4.69, 9.17) is 5.73 Å². The zero-order valence-corrected chi connectivity index (χ0v) is 12.6. The Labute approximate surface area is 127 Å². The number of carbonyl (C=O) groups is 1. The minimum atomic E-state index is 0.157. The molecular formula is C18H26N2O. The lowest BCUT2D eigenvalue weighted by Crippen LogP contribution is -2.46. The van der Waals surface area contributed by atoms with Crippen molar-refractivity contribution < 1.29 is 4.79 Å². The number of hydrogen-bond acceptors (Lipinski definition) is 2. The van der Waals surface area contributed by atoms with E-state index >= 15 is 0 Å². The van der Waals surface area contributed by atoms with E-state index in [0.29, 0.717) is 18.4 Å². The number of nitrogens with one attached hydrogen (secondary N) is 1. The first-order valence-electron chi connectivity index (χ1n) is 8.35. The molecule has 1 aromatic rings. The van der Waals surface area contributed by atoms with E-state index in [9.17, 15) is 4.79 Å². The summed E-state index contributed by atoms with van der Waals surface area (Å²) in [7, 11) is 0. The molecule has 3 heteroatoms. The Kier molecular flexibility index (Phi) is 4.59. The van der Waals surface area contributed by atoms with Crippen molar-refractivity contribution in [3.05, 3.63) is 35.9 Å². The van der Waals surface area contributed by atoms with Crippen LogP contribution in [0.1, 0.15) is 50.0 Å². The molecule has 3 unspecified atom stereocenters. The maximum absolute atomic E-state index is 12.4. The van der Waals surface area contributed by atoms with Gasteiger partial charge in [-0.15, -0.1) is 0 Å². The van der Waals surface area contributed by atoms with Crippen molar-refractivity contribution in [2.75, 3.05) is 6.54 Å². The highest BCUT2D eigenvalue weighted by Gasteiger charge is 2.44. The average molecular weight is 286 g/mol. The molecule has 0 bridgehead atoms. The van der Waals surface area contributed by atoms with E-state index in [1.165, 1.54) is 37.7 Å². The molecule has 0 spiro atoms. The van der Waals surface area contributed by atoms with Crippen LogP contribution in [0.5, 0.6) is 0 Å². The van der Waals surface area contributed by atoms with Gasteiger partial charge in [0.2, 0.25) is 5.91 Å². The molecule has 0 aromatic heterocycles. The van der Waals surface area contributed by atoms with Gasteiger partial charge in [-0.25, -0.2) is 0 Å². The van der Waals surface area contributed by atoms with Gasteiger partial charge in [0.25, 0.3) is 0 Å². The number of benzene rings is 1. The van der Waals surface area contributed by atoms with Gasteiger partial charge in [0, 0.05) is 18.5 Å². The summed E-state index contributed by atoms with van der Waals surface area (Å²) in [6, 6.07) is 10.5. The molecule has 1 amide bonds. The fraction of sp³-hybridized carbons (Fsp3) is 0.611. The Morgan fingerprint density at radius 1 is 1.19 bits per heavy atom. The summed E-state index contributed by atoms with van der Waals surface area (Å²) >= 11 is 0. The molecule has 3 rings (SSSR count). The topological polar surface area (TPSA) is 55.1 Å². The summed E-state index contributed by atoms with van der Waals surface area (Å²) in [5, 5.41) is 3.23. The molecule has 0 aliphatic heterocycles. The SMILES string of the molecule is NCC(NC(=O)C1CC1c1ccccc1)C1CCCCC1. The Bertz CT molecular complexity index is 467. The Balaban J connectivity index is 1.54. The highest BCUT2D eigenvalue weighted by atomic mass is 16.2. The number of amides is 1. The quantitative estimate of drug-likeness (QED) is 0.874. The van der Waals surface area contributed by atoms with Crippen LogP contribution in [0.4, 0.5) is 0 Å². The maximum Gasteiger partial charge on any atom is 0.224 e. The van der Waals surface area contributed by atoms with Gasteiger partial charge in [-0.2, -0.15) is 0 Å². The summed E-state index contributed by atoms with van der Waals surface area (Å²) < 4.78 is 0. The van der Waals surface area contributed by atoms with Gasteiger partial charge in [-0.3, -0.25) is 4.79 Å². The largest absolute Gasteiger partial charge is 0.352 e. The molecule has 0 radical (unpaired) electrons. The third kappa shape index (κ3) is 3.46. The highest BCUT2D eigenvalue weighted by molar-refractivity contribution is 5.83. The Morgan fingerprint density at radius 3 is 2.57 bits per heavy atom. The predicted octanol–water partition coefficient (Wildman–Crippen LogP) is 2.81. The minimum absolute atomic E-state index is 0.157. The van der Waals surface area contributed by atoms with Crippen LogP contribution in [0.2, 0.25) is 0 Å². The summed E-state index contributed by atoms with van der Waals surface area (Å²) in [5.74, 6) is 1.37. The number of carbonyl (C=O) groups excluding carboxylic acids is 1. The molecule has 0 heterocycles. The van der Waals surface area contributed by atoms with Crippen molar-refractivity contribution in [2.24, 2.45) is 17.6 Å². The summed E-state index contributed by atoms with van der Waals surface area (Å²) in [5.41, 5.74) is 7.19. The molecule has 0 saturated heterocycles. The van der Waals surface area contributed by atoms with Crippen LogP contribution in [0.25, 0.3) is 0 Å². The van der Waals surface area contributed by atoms with Gasteiger partial charge in [-0.05, 0) is 36.7 Å². The van der Waals surface area contributed by atoms with Crippen LogP contribution in [0.3, 0.4) is 0 Å². The van der Waals surface area contributed by atoms with Gasteiger partial charge in [0.1, 0.15) is 0 Å². The van der Waals surface area contributed by atoms with Crippen LogP contribution in [0.15, 0.2) is 30.3 Å². The van der Waals surface area contributed by atoms with Crippen LogP contribution in [0, 0.1) is 11.8 Å². The zero-order chi connectivity index (χ0) is 14.7. The molecule has 2 aliphatic carbocycles. The fourth-order valence-corrected chi connectivity index (χ4v) is 3.75. The molecule has 114 valence electrons. The van der Waals surface area contributed by atoms with Crippen molar-refractivity contribution in [2.45, 2.75) is 50.5 Å². The highest BCUT2D eigenvalue weighted by Crippen LogP contribution is 2.47. The van der Waals surface area contributed by atoms with Crippen molar-refractivity contribution >= 4 is 5.91 Å². The fourth-order valence-electron chi connectivity index (χ4n) is 3.75. The van der Waals surface area contributed by atoms with E-state index in [0.717, 1.165) is 6.42 Å². The third-order valence-electron chi connectivity index (χ3n) is 5.16. The van der Waals surface area contributed by atoms with Crippen molar-refractivity contribution in [1.29, 1.82) is 0 Å². The lowest BCUT2D eigenvalue weighted by Gasteiger charge is -2.30. The number of hydrogen-bond donors (Lipinski definition) is 2. The van der Waals surface area contributed by atoms with Crippen LogP contribution in [-0.4, -0.2) is 18.5 Å². The van der Waals surface area contributed by atoms with E-state index < -0.39 is 0 Å². The van der Waals surface area contributed by atoms with Crippen molar-refractivity contribution in [3.63, 3.8) is 0 Å². The standard InChI is InChI=1S/C18H26N2O/c19-12-17(14-9-5-2-6-10-14)20-18(21)16-11-15(16)13-7-3-1-4-8-13/h1,3-4,7-8,14-17H,2,5-6,9-12,19H2,(H,20,21). The zero-order valence-electron chi connectivity index (χ0n) is 12.6. The molecule has 3 atom stereocenters. The first-order valence-corrected chi connectivity index (χ1v) is 8.35. The Hall–Kier alpha value is -1.35.